The standard InChI is InChI=1S/C15H12Br2O3/c1-19-14-7-6-10(8-13(14)17)15(18)20-9-11-4-2-3-5-12(11)16/h2-8H,9H2,1H3. The minimum absolute atomic E-state index is 0.226. The van der Waals surface area contributed by atoms with E-state index >= 15 is 0 Å². The molecule has 0 fully saturated rings. The highest BCUT2D eigenvalue weighted by molar-refractivity contribution is 9.10. The molecule has 0 aliphatic carbocycles. The molecule has 0 saturated carbocycles. The third kappa shape index (κ3) is 3.61. The van der Waals surface area contributed by atoms with Crippen molar-refractivity contribution in [2.75, 3.05) is 7.11 Å². The molecule has 0 amide bonds. The van der Waals surface area contributed by atoms with Gasteiger partial charge < -0.3 is 9.47 Å². The topological polar surface area (TPSA) is 35.5 Å². The summed E-state index contributed by atoms with van der Waals surface area (Å²) in [5.74, 6) is 0.302. The Morgan fingerprint density at radius 3 is 2.50 bits per heavy atom. The van der Waals surface area contributed by atoms with Gasteiger partial charge in [-0.1, -0.05) is 34.1 Å². The SMILES string of the molecule is COc1ccc(C(=O)OCc2ccccc2Br)cc1Br. The van der Waals surface area contributed by atoms with Crippen LogP contribution in [0.1, 0.15) is 15.9 Å². The Balaban J connectivity index is 2.05. The number of hydrogen-bond donors (Lipinski definition) is 0. The zero-order valence-corrected chi connectivity index (χ0v) is 13.9. The summed E-state index contributed by atoms with van der Waals surface area (Å²) in [4.78, 5) is 12.0. The van der Waals surface area contributed by atoms with Gasteiger partial charge in [-0.25, -0.2) is 4.79 Å². The van der Waals surface area contributed by atoms with Crippen molar-refractivity contribution in [1.82, 2.24) is 0 Å². The number of esters is 1. The number of carbonyl (C=O) groups is 1. The Bertz CT molecular complexity index is 626. The Labute approximate surface area is 134 Å². The van der Waals surface area contributed by atoms with Crippen molar-refractivity contribution < 1.29 is 14.3 Å². The second kappa shape index (κ2) is 6.90. The van der Waals surface area contributed by atoms with Gasteiger partial charge in [-0.05, 0) is 40.2 Å². The van der Waals surface area contributed by atoms with Crippen LogP contribution in [0.2, 0.25) is 0 Å². The number of benzene rings is 2. The molecule has 5 heteroatoms. The van der Waals surface area contributed by atoms with Gasteiger partial charge in [0.2, 0.25) is 0 Å². The van der Waals surface area contributed by atoms with Crippen molar-refractivity contribution in [2.45, 2.75) is 6.61 Å². The van der Waals surface area contributed by atoms with Crippen LogP contribution >= 0.6 is 31.9 Å². The van der Waals surface area contributed by atoms with Gasteiger partial charge in [0, 0.05) is 10.0 Å². The van der Waals surface area contributed by atoms with Crippen LogP contribution in [0.25, 0.3) is 0 Å². The third-order valence-electron chi connectivity index (χ3n) is 2.70. The first-order valence-corrected chi connectivity index (χ1v) is 7.44. The van der Waals surface area contributed by atoms with E-state index < -0.39 is 0 Å². The molecule has 0 aromatic heterocycles. The summed E-state index contributed by atoms with van der Waals surface area (Å²) in [6.07, 6.45) is 0. The fraction of sp³-hybridized carbons (Fsp3) is 0.133. The molecular weight excluding hydrogens is 388 g/mol. The van der Waals surface area contributed by atoms with E-state index in [0.29, 0.717) is 11.3 Å². The van der Waals surface area contributed by atoms with Crippen molar-refractivity contribution in [1.29, 1.82) is 0 Å². The molecule has 3 nitrogen and oxygen atoms in total. The van der Waals surface area contributed by atoms with Gasteiger partial charge in [0.25, 0.3) is 0 Å². The summed E-state index contributed by atoms with van der Waals surface area (Å²) in [5.41, 5.74) is 1.40. The van der Waals surface area contributed by atoms with Gasteiger partial charge in [0.05, 0.1) is 17.1 Å². The minimum atomic E-state index is -0.371. The number of hydrogen-bond acceptors (Lipinski definition) is 3. The number of ether oxygens (including phenoxy) is 2. The lowest BCUT2D eigenvalue weighted by Gasteiger charge is -2.08. The molecule has 0 unspecified atom stereocenters. The predicted molar refractivity (Wildman–Crippen MR) is 84.0 cm³/mol. The second-order valence-corrected chi connectivity index (χ2v) is 5.73. The molecule has 20 heavy (non-hydrogen) atoms. The molecule has 104 valence electrons. The quantitative estimate of drug-likeness (QED) is 0.706. The predicted octanol–water partition coefficient (Wildman–Crippen LogP) is 4.58. The summed E-state index contributed by atoms with van der Waals surface area (Å²) in [6, 6.07) is 12.7. The van der Waals surface area contributed by atoms with E-state index in [9.17, 15) is 4.79 Å². The minimum Gasteiger partial charge on any atom is -0.496 e. The highest BCUT2D eigenvalue weighted by Crippen LogP contribution is 2.26. The van der Waals surface area contributed by atoms with Gasteiger partial charge in [0.1, 0.15) is 12.4 Å². The fourth-order valence-corrected chi connectivity index (χ4v) is 2.58. The van der Waals surface area contributed by atoms with Crippen molar-refractivity contribution in [3.05, 3.63) is 62.5 Å². The van der Waals surface area contributed by atoms with E-state index in [1.54, 1.807) is 25.3 Å². The van der Waals surface area contributed by atoms with Crippen molar-refractivity contribution in [2.24, 2.45) is 0 Å². The number of carbonyl (C=O) groups excluding carboxylic acids is 1. The average molecular weight is 400 g/mol. The maximum Gasteiger partial charge on any atom is 0.338 e. The highest BCUT2D eigenvalue weighted by atomic mass is 79.9. The molecule has 0 heterocycles. The van der Waals surface area contributed by atoms with Crippen LogP contribution in [0.15, 0.2) is 51.4 Å². The molecule has 0 bridgehead atoms. The van der Waals surface area contributed by atoms with Gasteiger partial charge in [0.15, 0.2) is 0 Å². The zero-order valence-electron chi connectivity index (χ0n) is 10.7. The summed E-state index contributed by atoms with van der Waals surface area (Å²) in [6.45, 7) is 0.226. The Hall–Kier alpha value is -1.33. The molecular formula is C15H12Br2O3. The molecule has 0 aliphatic heterocycles. The van der Waals surface area contributed by atoms with E-state index in [2.05, 4.69) is 31.9 Å². The number of halogens is 2. The van der Waals surface area contributed by atoms with E-state index in [0.717, 1.165) is 14.5 Å². The monoisotopic (exact) mass is 398 g/mol. The lowest BCUT2D eigenvalue weighted by Crippen LogP contribution is -2.05. The molecule has 2 aromatic carbocycles. The maximum absolute atomic E-state index is 12.0. The summed E-state index contributed by atoms with van der Waals surface area (Å²) < 4.78 is 12.1. The van der Waals surface area contributed by atoms with E-state index in [4.69, 9.17) is 9.47 Å². The van der Waals surface area contributed by atoms with Gasteiger partial charge in [-0.15, -0.1) is 0 Å². The molecule has 0 saturated heterocycles. The van der Waals surface area contributed by atoms with E-state index in [-0.39, 0.29) is 12.6 Å². The van der Waals surface area contributed by atoms with Crippen molar-refractivity contribution >= 4 is 37.8 Å². The largest absolute Gasteiger partial charge is 0.496 e. The summed E-state index contributed by atoms with van der Waals surface area (Å²) in [7, 11) is 1.57. The third-order valence-corrected chi connectivity index (χ3v) is 4.10. The number of rotatable bonds is 4. The first-order valence-electron chi connectivity index (χ1n) is 5.86. The van der Waals surface area contributed by atoms with E-state index in [1.807, 2.05) is 24.3 Å². The van der Waals surface area contributed by atoms with Gasteiger partial charge >= 0.3 is 5.97 Å². The maximum atomic E-state index is 12.0. The highest BCUT2D eigenvalue weighted by Gasteiger charge is 2.11. The van der Waals surface area contributed by atoms with Crippen LogP contribution in [0, 0.1) is 0 Å². The Kier molecular flexibility index (Phi) is 5.20. The first kappa shape index (κ1) is 15.1. The molecule has 0 spiro atoms. The average Bonchev–Trinajstić information content (AvgIpc) is 2.46. The Morgan fingerprint density at radius 2 is 1.85 bits per heavy atom. The fourth-order valence-electron chi connectivity index (χ4n) is 1.64. The Morgan fingerprint density at radius 1 is 1.10 bits per heavy atom. The van der Waals surface area contributed by atoms with Crippen LogP contribution in [0.3, 0.4) is 0 Å². The van der Waals surface area contributed by atoms with Gasteiger partial charge in [-0.2, -0.15) is 0 Å². The van der Waals surface area contributed by atoms with Crippen LogP contribution in [-0.4, -0.2) is 13.1 Å². The smallest absolute Gasteiger partial charge is 0.338 e. The molecule has 2 rings (SSSR count). The lowest BCUT2D eigenvalue weighted by atomic mass is 10.2. The molecule has 0 N–H and O–H groups in total. The van der Waals surface area contributed by atoms with Crippen LogP contribution in [0.5, 0.6) is 5.75 Å². The molecule has 0 aliphatic rings. The van der Waals surface area contributed by atoms with Crippen molar-refractivity contribution in [3.63, 3.8) is 0 Å². The zero-order chi connectivity index (χ0) is 14.5. The van der Waals surface area contributed by atoms with Crippen LogP contribution < -0.4 is 4.74 Å². The van der Waals surface area contributed by atoms with E-state index in [1.165, 1.54) is 0 Å². The molecule has 0 atom stereocenters. The lowest BCUT2D eigenvalue weighted by molar-refractivity contribution is 0.0472. The van der Waals surface area contributed by atoms with Crippen LogP contribution in [-0.2, 0) is 11.3 Å². The normalized spacial score (nSPS) is 10.2. The molecule has 2 aromatic rings. The second-order valence-electron chi connectivity index (χ2n) is 4.02. The molecule has 0 radical (unpaired) electrons. The first-order chi connectivity index (χ1) is 9.61. The summed E-state index contributed by atoms with van der Waals surface area (Å²) in [5, 5.41) is 0. The van der Waals surface area contributed by atoms with Crippen LogP contribution in [0.4, 0.5) is 0 Å². The number of methoxy groups -OCH3 is 1. The van der Waals surface area contributed by atoms with Crippen molar-refractivity contribution in [3.8, 4) is 5.75 Å². The summed E-state index contributed by atoms with van der Waals surface area (Å²) >= 11 is 6.76. The van der Waals surface area contributed by atoms with Gasteiger partial charge in [-0.3, -0.25) is 0 Å².